The number of hydrogen-bond acceptors (Lipinski definition) is 6. The van der Waals surface area contributed by atoms with E-state index in [4.69, 9.17) is 0 Å². The number of carbonyl (C=O) groups excluding carboxylic acids is 2. The summed E-state index contributed by atoms with van der Waals surface area (Å²) in [5.74, 6) is -15.2. The molecule has 0 atom stereocenters. The number of methoxy groups -OCH3 is 2. The molecule has 0 fully saturated rings. The number of halogens is 6. The molecule has 0 unspecified atom stereocenters. The van der Waals surface area contributed by atoms with Crippen molar-refractivity contribution in [3.8, 4) is 11.5 Å². The molecule has 2 aromatic carbocycles. The Morgan fingerprint density at radius 3 is 1.11 bits per heavy atom. The minimum atomic E-state index is -1.94. The van der Waals surface area contributed by atoms with Crippen molar-refractivity contribution in [2.75, 3.05) is 14.2 Å². The van der Waals surface area contributed by atoms with Gasteiger partial charge < -0.3 is 29.3 Å². The van der Waals surface area contributed by atoms with Crippen LogP contribution in [0.1, 0.15) is 60.2 Å². The van der Waals surface area contributed by atoms with Gasteiger partial charge in [-0.25, -0.2) is 17.6 Å². The van der Waals surface area contributed by atoms with Crippen LogP contribution in [0.4, 0.5) is 26.3 Å². The Kier molecular flexibility index (Phi) is 21.5. The van der Waals surface area contributed by atoms with Crippen LogP contribution < -0.4 is 19.7 Å². The first-order valence-electron chi connectivity index (χ1n) is 10.2. The summed E-state index contributed by atoms with van der Waals surface area (Å²) in [5, 5.41) is 20.5. The summed E-state index contributed by atoms with van der Waals surface area (Å²) in [5.41, 5.74) is -2.17. The quantitative estimate of drug-likeness (QED) is 0.270. The van der Waals surface area contributed by atoms with Crippen molar-refractivity contribution in [3.05, 3.63) is 72.0 Å². The molecule has 0 aromatic heterocycles. The Balaban J connectivity index is -0.000000476. The van der Waals surface area contributed by atoms with E-state index in [-0.39, 0.29) is 36.0 Å². The summed E-state index contributed by atoms with van der Waals surface area (Å²) >= 11 is 0. The molecule has 2 rings (SSSR count). The molecule has 0 saturated heterocycles. The SMILES string of the molecule is COc1c(F)c(F)cc(C(=O)[O-])c1F.COc1c(F)c(F)cc(C(=O)[O-])c1F.[CH2]CCC.[CH2]CCC.[Sn+2]. The standard InChI is InChI=1S/2C8H5F3O3.2C4H9.Sn/c2*1-14-7-5(10)3(8(12)13)2-4(9)6(7)11;2*1-3-4-2;/h2*2H,1H3,(H,12,13);2*1,3-4H2,2H3;/q;;;;+2/p-2. The number of ether oxygens (including phenoxy) is 2. The van der Waals surface area contributed by atoms with E-state index in [0.29, 0.717) is 0 Å². The fraction of sp³-hybridized carbons (Fsp3) is 0.333. The van der Waals surface area contributed by atoms with Crippen molar-refractivity contribution in [2.45, 2.75) is 39.5 Å². The molecule has 0 spiro atoms. The van der Waals surface area contributed by atoms with E-state index in [1.807, 2.05) is 0 Å². The van der Waals surface area contributed by atoms with Gasteiger partial charge in [0.2, 0.25) is 11.6 Å². The fourth-order valence-corrected chi connectivity index (χ4v) is 1.82. The van der Waals surface area contributed by atoms with Gasteiger partial charge in [0.15, 0.2) is 34.8 Å². The van der Waals surface area contributed by atoms with Crippen LogP contribution in [-0.4, -0.2) is 50.1 Å². The van der Waals surface area contributed by atoms with Gasteiger partial charge in [0, 0.05) is 11.1 Å². The summed E-state index contributed by atoms with van der Waals surface area (Å²) < 4.78 is 85.2. The normalized spacial score (nSPS) is 9.19. The largest absolute Gasteiger partial charge is 2.00 e. The third kappa shape index (κ3) is 12.4. The second-order valence-electron chi connectivity index (χ2n) is 6.42. The molecule has 0 N–H and O–H groups in total. The molecule has 0 aliphatic carbocycles. The van der Waals surface area contributed by atoms with E-state index in [9.17, 15) is 46.1 Å². The topological polar surface area (TPSA) is 98.7 Å². The van der Waals surface area contributed by atoms with Crippen molar-refractivity contribution < 1.29 is 55.6 Å². The van der Waals surface area contributed by atoms with E-state index in [1.165, 1.54) is 12.8 Å². The first kappa shape index (κ1) is 38.9. The minimum absolute atomic E-state index is 0. The number of carboxylic acid groups (broad SMARTS) is 2. The molecule has 0 bridgehead atoms. The van der Waals surface area contributed by atoms with Crippen molar-refractivity contribution >= 4 is 35.8 Å². The van der Waals surface area contributed by atoms with Gasteiger partial charge in [-0.1, -0.05) is 53.4 Å². The molecule has 0 aliphatic rings. The summed E-state index contributed by atoms with van der Waals surface area (Å²) in [6.45, 7) is 11.4. The average molecular weight is 643 g/mol. The number of unbranched alkanes of at least 4 members (excludes halogenated alkanes) is 2. The molecule has 2 aromatic rings. The van der Waals surface area contributed by atoms with Gasteiger partial charge in [-0.05, 0) is 12.1 Å². The molecule has 0 saturated carbocycles. The monoisotopic (exact) mass is 644 g/mol. The van der Waals surface area contributed by atoms with Crippen LogP contribution >= 0.6 is 0 Å². The maximum Gasteiger partial charge on any atom is 2.00 e. The van der Waals surface area contributed by atoms with Crippen molar-refractivity contribution in [3.63, 3.8) is 0 Å². The molecular weight excluding hydrogens is 617 g/mol. The second-order valence-corrected chi connectivity index (χ2v) is 6.42. The molecule has 4 radical (unpaired) electrons. The second kappa shape index (κ2) is 20.4. The third-order valence-corrected chi connectivity index (χ3v) is 3.79. The molecule has 0 amide bonds. The van der Waals surface area contributed by atoms with Crippen molar-refractivity contribution in [1.29, 1.82) is 0 Å². The van der Waals surface area contributed by atoms with Crippen LogP contribution in [0.3, 0.4) is 0 Å². The smallest absolute Gasteiger partial charge is 0.545 e. The zero-order valence-electron chi connectivity index (χ0n) is 20.6. The molecular formula is C24H26F6O6Sn. The van der Waals surface area contributed by atoms with Gasteiger partial charge in [0.25, 0.3) is 0 Å². The van der Waals surface area contributed by atoms with Crippen LogP contribution in [0.25, 0.3) is 0 Å². The first-order valence-corrected chi connectivity index (χ1v) is 10.2. The van der Waals surface area contributed by atoms with Gasteiger partial charge in [0.05, 0.1) is 26.2 Å². The molecule has 0 heterocycles. The number of carbonyl (C=O) groups is 2. The Labute approximate surface area is 228 Å². The van der Waals surface area contributed by atoms with Crippen LogP contribution in [0, 0.1) is 48.8 Å². The molecule has 13 heteroatoms. The van der Waals surface area contributed by atoms with Crippen molar-refractivity contribution in [2.24, 2.45) is 0 Å². The van der Waals surface area contributed by atoms with Crippen LogP contribution in [0.2, 0.25) is 0 Å². The Hall–Kier alpha value is -2.64. The number of benzene rings is 2. The Bertz CT molecular complexity index is 921. The molecule has 204 valence electrons. The minimum Gasteiger partial charge on any atom is -0.545 e. The Morgan fingerprint density at radius 2 is 0.946 bits per heavy atom. The summed E-state index contributed by atoms with van der Waals surface area (Å²) in [7, 11) is 1.78. The molecule has 6 nitrogen and oxygen atoms in total. The predicted octanol–water partition coefficient (Wildman–Crippen LogP) is 3.81. The van der Waals surface area contributed by atoms with E-state index in [0.717, 1.165) is 27.1 Å². The zero-order chi connectivity index (χ0) is 28.6. The average Bonchev–Trinajstić information content (AvgIpc) is 2.84. The summed E-state index contributed by atoms with van der Waals surface area (Å²) in [6, 6.07) is 0.394. The maximum atomic E-state index is 13.0. The summed E-state index contributed by atoms with van der Waals surface area (Å²) in [6.07, 6.45) is 4.56. The van der Waals surface area contributed by atoms with Crippen molar-refractivity contribution in [1.82, 2.24) is 0 Å². The van der Waals surface area contributed by atoms with Gasteiger partial charge in [-0.3, -0.25) is 0 Å². The van der Waals surface area contributed by atoms with Gasteiger partial charge >= 0.3 is 23.9 Å². The van der Waals surface area contributed by atoms with Gasteiger partial charge in [-0.15, -0.1) is 0 Å². The van der Waals surface area contributed by atoms with Crippen LogP contribution in [-0.2, 0) is 0 Å². The van der Waals surface area contributed by atoms with E-state index in [1.54, 1.807) is 0 Å². The van der Waals surface area contributed by atoms with Gasteiger partial charge in [0.1, 0.15) is 0 Å². The third-order valence-electron chi connectivity index (χ3n) is 3.79. The number of aromatic carboxylic acids is 2. The van der Waals surface area contributed by atoms with E-state index >= 15 is 0 Å². The maximum absolute atomic E-state index is 13.0. The van der Waals surface area contributed by atoms with Crippen LogP contribution in [0.15, 0.2) is 12.1 Å². The number of carboxylic acids is 2. The van der Waals surface area contributed by atoms with Gasteiger partial charge in [-0.2, -0.15) is 8.78 Å². The summed E-state index contributed by atoms with van der Waals surface area (Å²) in [4.78, 5) is 20.5. The number of hydrogen-bond donors (Lipinski definition) is 0. The molecule has 0 aliphatic heterocycles. The van der Waals surface area contributed by atoms with E-state index in [2.05, 4.69) is 37.2 Å². The number of rotatable bonds is 6. The first-order chi connectivity index (χ1) is 16.8. The zero-order valence-corrected chi connectivity index (χ0v) is 23.5. The van der Waals surface area contributed by atoms with Crippen LogP contribution in [0.5, 0.6) is 11.5 Å². The fourth-order valence-electron chi connectivity index (χ4n) is 1.82. The Morgan fingerprint density at radius 1 is 0.703 bits per heavy atom. The molecule has 37 heavy (non-hydrogen) atoms. The predicted molar refractivity (Wildman–Crippen MR) is 121 cm³/mol. The van der Waals surface area contributed by atoms with E-state index < -0.39 is 69.5 Å².